The zero-order valence-corrected chi connectivity index (χ0v) is 11.5. The third-order valence-electron chi connectivity index (χ3n) is 4.70. The molecule has 118 valence electrons. The fourth-order valence-corrected chi connectivity index (χ4v) is 3.78. The lowest BCUT2D eigenvalue weighted by molar-refractivity contribution is -0.179. The van der Waals surface area contributed by atoms with Crippen LogP contribution in [0, 0.1) is 17.3 Å². The summed E-state index contributed by atoms with van der Waals surface area (Å²) in [5.74, 6) is -3.89. The van der Waals surface area contributed by atoms with Crippen molar-refractivity contribution >= 4 is 23.9 Å². The summed E-state index contributed by atoms with van der Waals surface area (Å²) in [7, 11) is 0. The van der Waals surface area contributed by atoms with Gasteiger partial charge in [0.05, 0.1) is 5.92 Å². The zero-order valence-electron chi connectivity index (χ0n) is 11.5. The van der Waals surface area contributed by atoms with Gasteiger partial charge in [-0.05, 0) is 12.8 Å². The van der Waals surface area contributed by atoms with Crippen LogP contribution < -0.4 is 0 Å². The van der Waals surface area contributed by atoms with Crippen molar-refractivity contribution in [1.29, 1.82) is 0 Å². The molecule has 8 heteroatoms. The second kappa shape index (κ2) is 4.82. The first-order chi connectivity index (χ1) is 10.4. The van der Waals surface area contributed by atoms with Gasteiger partial charge in [-0.25, -0.2) is 9.59 Å². The van der Waals surface area contributed by atoms with E-state index in [1.54, 1.807) is 0 Å². The van der Waals surface area contributed by atoms with E-state index in [1.165, 1.54) is 0 Å². The van der Waals surface area contributed by atoms with Crippen LogP contribution >= 0.6 is 0 Å². The van der Waals surface area contributed by atoms with Crippen molar-refractivity contribution in [2.75, 3.05) is 6.61 Å². The summed E-state index contributed by atoms with van der Waals surface area (Å²) in [5.41, 5.74) is -1.30. The van der Waals surface area contributed by atoms with Crippen LogP contribution in [0.15, 0.2) is 12.7 Å². The number of esters is 3. The number of hydrogen-bond donors (Lipinski definition) is 1. The Bertz CT molecular complexity index is 581. The molecule has 0 radical (unpaired) electrons. The minimum absolute atomic E-state index is 0.104. The third-order valence-corrected chi connectivity index (χ3v) is 4.70. The summed E-state index contributed by atoms with van der Waals surface area (Å²) in [6, 6.07) is 0. The molecule has 2 bridgehead atoms. The zero-order chi connectivity index (χ0) is 16.1. The van der Waals surface area contributed by atoms with Crippen LogP contribution in [-0.2, 0) is 33.4 Å². The van der Waals surface area contributed by atoms with Gasteiger partial charge in [0.2, 0.25) is 0 Å². The average molecular weight is 310 g/mol. The first-order valence-corrected chi connectivity index (χ1v) is 6.81. The molecular formula is C14H14O8. The Morgan fingerprint density at radius 2 is 2.14 bits per heavy atom. The summed E-state index contributed by atoms with van der Waals surface area (Å²) in [6.45, 7) is 2.54. The van der Waals surface area contributed by atoms with Crippen LogP contribution in [0.1, 0.15) is 12.8 Å². The number of carboxylic acid groups (broad SMARTS) is 1. The highest BCUT2D eigenvalue weighted by Gasteiger charge is 2.73. The first-order valence-electron chi connectivity index (χ1n) is 6.81. The van der Waals surface area contributed by atoms with Crippen molar-refractivity contribution in [3.63, 3.8) is 0 Å². The van der Waals surface area contributed by atoms with E-state index < -0.39 is 54.0 Å². The lowest BCUT2D eigenvalue weighted by Crippen LogP contribution is -2.47. The quantitative estimate of drug-likeness (QED) is 0.416. The van der Waals surface area contributed by atoms with Crippen LogP contribution in [-0.4, -0.2) is 47.8 Å². The number of aliphatic carboxylic acids is 1. The molecule has 0 aromatic heterocycles. The van der Waals surface area contributed by atoms with Gasteiger partial charge in [-0.15, -0.1) is 0 Å². The molecule has 0 amide bonds. The van der Waals surface area contributed by atoms with Gasteiger partial charge in [0.1, 0.15) is 11.5 Å². The van der Waals surface area contributed by atoms with Gasteiger partial charge in [0.25, 0.3) is 0 Å². The Kier molecular flexibility index (Phi) is 3.19. The number of ether oxygens (including phenoxy) is 3. The Balaban J connectivity index is 1.74. The molecule has 1 aliphatic heterocycles. The van der Waals surface area contributed by atoms with Crippen molar-refractivity contribution in [2.24, 2.45) is 17.3 Å². The number of carbonyl (C=O) groups excluding carboxylic acids is 3. The Morgan fingerprint density at radius 1 is 1.41 bits per heavy atom. The molecule has 8 nitrogen and oxygen atoms in total. The molecule has 0 aromatic carbocycles. The summed E-state index contributed by atoms with van der Waals surface area (Å²) in [4.78, 5) is 46.0. The van der Waals surface area contributed by atoms with Crippen molar-refractivity contribution in [2.45, 2.75) is 25.0 Å². The van der Waals surface area contributed by atoms with Crippen LogP contribution in [0.25, 0.3) is 0 Å². The van der Waals surface area contributed by atoms with E-state index in [2.05, 4.69) is 11.3 Å². The van der Waals surface area contributed by atoms with E-state index in [9.17, 15) is 24.3 Å². The second-order valence-electron chi connectivity index (χ2n) is 5.76. The second-order valence-corrected chi connectivity index (χ2v) is 5.76. The Morgan fingerprint density at radius 3 is 2.77 bits per heavy atom. The fraction of sp³-hybridized carbons (Fsp3) is 0.571. The molecule has 1 saturated heterocycles. The van der Waals surface area contributed by atoms with Gasteiger partial charge in [-0.2, -0.15) is 0 Å². The van der Waals surface area contributed by atoms with Crippen LogP contribution in [0.2, 0.25) is 0 Å². The molecule has 3 rings (SSSR count). The summed E-state index contributed by atoms with van der Waals surface area (Å²) < 4.78 is 14.9. The molecule has 2 saturated carbocycles. The lowest BCUT2D eigenvalue weighted by atomic mass is 9.78. The van der Waals surface area contributed by atoms with Gasteiger partial charge in [0, 0.05) is 12.0 Å². The highest BCUT2D eigenvalue weighted by atomic mass is 16.6. The molecule has 3 aliphatic rings. The van der Waals surface area contributed by atoms with Gasteiger partial charge >= 0.3 is 23.9 Å². The van der Waals surface area contributed by atoms with Crippen molar-refractivity contribution < 1.29 is 38.5 Å². The van der Waals surface area contributed by atoms with Crippen LogP contribution in [0.4, 0.5) is 0 Å². The van der Waals surface area contributed by atoms with Crippen LogP contribution in [0.3, 0.4) is 0 Å². The highest BCUT2D eigenvalue weighted by molar-refractivity contribution is 5.86. The SMILES string of the molecule is C=CC(=O)OCC(=O)OC1C2OC(=O)C3CC1(C(=O)O)CC32. The summed E-state index contributed by atoms with van der Waals surface area (Å²) in [6.07, 6.45) is -0.540. The predicted octanol–water partition coefficient (Wildman–Crippen LogP) is -0.336. The van der Waals surface area contributed by atoms with Crippen molar-refractivity contribution in [3.05, 3.63) is 12.7 Å². The van der Waals surface area contributed by atoms with Gasteiger partial charge in [-0.1, -0.05) is 6.58 Å². The van der Waals surface area contributed by atoms with Gasteiger partial charge < -0.3 is 19.3 Å². The molecule has 0 aromatic rings. The Hall–Kier alpha value is -2.38. The summed E-state index contributed by atoms with van der Waals surface area (Å²) in [5, 5.41) is 9.52. The van der Waals surface area contributed by atoms with E-state index in [0.717, 1.165) is 6.08 Å². The number of rotatable bonds is 5. The average Bonchev–Trinajstić information content (AvgIpc) is 3.07. The number of fused-ring (bicyclic) bond motifs is 1. The molecule has 5 unspecified atom stereocenters. The minimum Gasteiger partial charge on any atom is -0.481 e. The largest absolute Gasteiger partial charge is 0.481 e. The normalized spacial score (nSPS) is 37.5. The maximum Gasteiger partial charge on any atom is 0.344 e. The molecule has 0 spiro atoms. The topological polar surface area (TPSA) is 116 Å². The number of carbonyl (C=O) groups is 4. The molecule has 5 atom stereocenters. The standard InChI is InChI=1S/C14H14O8/c1-2-8(15)20-5-9(16)21-11-10-6-3-14(11,13(18)19)4-7(6)12(17)22-10/h2,6-7,10-11H,1,3-5H2,(H,18,19). The molecular weight excluding hydrogens is 296 g/mol. The molecule has 22 heavy (non-hydrogen) atoms. The van der Waals surface area contributed by atoms with E-state index in [0.29, 0.717) is 0 Å². The maximum atomic E-state index is 11.8. The fourth-order valence-electron chi connectivity index (χ4n) is 3.78. The predicted molar refractivity (Wildman–Crippen MR) is 67.2 cm³/mol. The first kappa shape index (κ1) is 14.6. The summed E-state index contributed by atoms with van der Waals surface area (Å²) >= 11 is 0. The lowest BCUT2D eigenvalue weighted by Gasteiger charge is -2.32. The molecule has 2 aliphatic carbocycles. The number of carboxylic acids is 1. The van der Waals surface area contributed by atoms with E-state index >= 15 is 0 Å². The Labute approximate surface area is 125 Å². The van der Waals surface area contributed by atoms with Crippen LogP contribution in [0.5, 0.6) is 0 Å². The highest BCUT2D eigenvalue weighted by Crippen LogP contribution is 2.62. The van der Waals surface area contributed by atoms with Gasteiger partial charge in [-0.3, -0.25) is 9.59 Å². The van der Waals surface area contributed by atoms with E-state index in [1.807, 2.05) is 0 Å². The van der Waals surface area contributed by atoms with Crippen molar-refractivity contribution in [3.8, 4) is 0 Å². The van der Waals surface area contributed by atoms with E-state index in [4.69, 9.17) is 9.47 Å². The molecule has 1 heterocycles. The van der Waals surface area contributed by atoms with Gasteiger partial charge in [0.15, 0.2) is 12.7 Å². The monoisotopic (exact) mass is 310 g/mol. The molecule has 3 fully saturated rings. The molecule has 1 N–H and O–H groups in total. The third kappa shape index (κ3) is 1.90. The van der Waals surface area contributed by atoms with Crippen molar-refractivity contribution in [1.82, 2.24) is 0 Å². The minimum atomic E-state index is -1.30. The number of hydrogen-bond acceptors (Lipinski definition) is 7. The maximum absolute atomic E-state index is 11.8. The van der Waals surface area contributed by atoms with E-state index in [-0.39, 0.29) is 18.8 Å². The smallest absolute Gasteiger partial charge is 0.344 e.